The molecule has 3 heterocycles. The first-order chi connectivity index (χ1) is 11.7. The number of aromatic nitrogens is 4. The molecule has 0 radical (unpaired) electrons. The van der Waals surface area contributed by atoms with E-state index in [0.717, 1.165) is 0 Å². The highest BCUT2D eigenvalue weighted by molar-refractivity contribution is 6.54. The molecule has 0 amide bonds. The van der Waals surface area contributed by atoms with E-state index >= 15 is 0 Å². The molecule has 0 bridgehead atoms. The van der Waals surface area contributed by atoms with Gasteiger partial charge in [0.2, 0.25) is 0 Å². The number of hydrogen-bond acceptors (Lipinski definition) is 5. The van der Waals surface area contributed by atoms with Crippen LogP contribution in [0, 0.1) is 0 Å². The lowest BCUT2D eigenvalue weighted by atomic mass is 9.87. The van der Waals surface area contributed by atoms with Crippen LogP contribution in [0.25, 0.3) is 17.5 Å². The number of hydrogen-bond donors (Lipinski definition) is 0. The van der Waals surface area contributed by atoms with Gasteiger partial charge in [0.1, 0.15) is 17.1 Å². The minimum atomic E-state index is -1.04. The predicted molar refractivity (Wildman–Crippen MR) is 94.1 cm³/mol. The van der Waals surface area contributed by atoms with Gasteiger partial charge in [-0.2, -0.15) is 5.10 Å². The molecule has 1 aliphatic heterocycles. The molecular weight excluding hydrogens is 322 g/mol. The minimum Gasteiger partial charge on any atom is -0.398 e. The van der Waals surface area contributed by atoms with E-state index < -0.39 is 24.0 Å². The molecule has 25 heavy (non-hydrogen) atoms. The van der Waals surface area contributed by atoms with Gasteiger partial charge >= 0.3 is 7.12 Å². The van der Waals surface area contributed by atoms with Crippen molar-refractivity contribution >= 4 is 13.2 Å². The summed E-state index contributed by atoms with van der Waals surface area (Å²) in [6, 6.07) is 0. The molecule has 0 unspecified atom stereocenters. The first-order valence-corrected chi connectivity index (χ1v) is 8.30. The number of nitrogens with zero attached hydrogens (tertiary/aromatic N) is 4. The topological polar surface area (TPSA) is 62.1 Å². The molecule has 1 saturated heterocycles. The molecule has 0 saturated carbocycles. The molecule has 132 valence electrons. The predicted octanol–water partition coefficient (Wildman–Crippen LogP) is 3.30. The van der Waals surface area contributed by atoms with Crippen molar-refractivity contribution in [1.29, 1.82) is 0 Å². The van der Waals surface area contributed by atoms with Gasteiger partial charge in [0.25, 0.3) is 0 Å². The summed E-state index contributed by atoms with van der Waals surface area (Å²) in [5, 5.41) is 4.46. The van der Waals surface area contributed by atoms with Crippen molar-refractivity contribution in [2.45, 2.75) is 52.4 Å². The van der Waals surface area contributed by atoms with Gasteiger partial charge in [0.15, 0.2) is 0 Å². The molecule has 0 N–H and O–H groups in total. The Bertz CT molecular complexity index is 773. The number of rotatable bonds is 4. The standard InChI is InChI=1S/C17H22BFN4O2/c1-6-23-11-12(15(22-23)13-10-20-7-8-21-13)9-14(19)18-24-16(2,3)17(4,5)25-18/h7-11H,6H2,1-5H3. The zero-order valence-electron chi connectivity index (χ0n) is 15.2. The van der Waals surface area contributed by atoms with E-state index in [-0.39, 0.29) is 0 Å². The molecule has 0 aromatic carbocycles. The van der Waals surface area contributed by atoms with Gasteiger partial charge < -0.3 is 9.31 Å². The fraction of sp³-hybridized carbons (Fsp3) is 0.471. The molecule has 1 aliphatic rings. The van der Waals surface area contributed by atoms with Crippen LogP contribution in [-0.4, -0.2) is 38.1 Å². The second-order valence-corrected chi connectivity index (χ2v) is 7.00. The molecule has 0 aliphatic carbocycles. The second-order valence-electron chi connectivity index (χ2n) is 7.00. The average Bonchev–Trinajstić information content (AvgIpc) is 3.06. The van der Waals surface area contributed by atoms with E-state index in [2.05, 4.69) is 15.1 Å². The van der Waals surface area contributed by atoms with E-state index in [4.69, 9.17) is 9.31 Å². The largest absolute Gasteiger partial charge is 0.525 e. The molecule has 6 nitrogen and oxygen atoms in total. The summed E-state index contributed by atoms with van der Waals surface area (Å²) in [6.07, 6.45) is 7.94. The van der Waals surface area contributed by atoms with E-state index in [0.29, 0.717) is 23.5 Å². The van der Waals surface area contributed by atoms with Crippen molar-refractivity contribution in [3.63, 3.8) is 0 Å². The molecule has 8 heteroatoms. The third-order valence-corrected chi connectivity index (χ3v) is 4.69. The smallest absolute Gasteiger partial charge is 0.398 e. The monoisotopic (exact) mass is 344 g/mol. The van der Waals surface area contributed by atoms with Crippen LogP contribution in [0.1, 0.15) is 40.2 Å². The zero-order chi connectivity index (χ0) is 18.2. The van der Waals surface area contributed by atoms with Crippen molar-refractivity contribution in [2.24, 2.45) is 0 Å². The fourth-order valence-electron chi connectivity index (χ4n) is 2.50. The molecule has 3 rings (SSSR count). The Labute approximate surface area is 147 Å². The summed E-state index contributed by atoms with van der Waals surface area (Å²) in [6.45, 7) is 10.2. The van der Waals surface area contributed by atoms with Gasteiger partial charge in [-0.1, -0.05) is 0 Å². The van der Waals surface area contributed by atoms with Crippen molar-refractivity contribution in [2.75, 3.05) is 0 Å². The third kappa shape index (κ3) is 3.36. The van der Waals surface area contributed by atoms with Gasteiger partial charge in [-0.3, -0.25) is 14.6 Å². The summed E-state index contributed by atoms with van der Waals surface area (Å²) in [4.78, 5) is 8.31. The number of aryl methyl sites for hydroxylation is 1. The lowest BCUT2D eigenvalue weighted by molar-refractivity contribution is 0.00578. The maximum atomic E-state index is 14.8. The van der Waals surface area contributed by atoms with E-state index in [9.17, 15) is 4.39 Å². The lowest BCUT2D eigenvalue weighted by Gasteiger charge is -2.32. The van der Waals surface area contributed by atoms with E-state index in [1.54, 1.807) is 29.5 Å². The van der Waals surface area contributed by atoms with Crippen molar-refractivity contribution in [3.8, 4) is 11.4 Å². The Hall–Kier alpha value is -2.06. The maximum absolute atomic E-state index is 14.8. The Morgan fingerprint density at radius 3 is 2.48 bits per heavy atom. The van der Waals surface area contributed by atoms with E-state index in [1.165, 1.54) is 6.08 Å². The lowest BCUT2D eigenvalue weighted by Crippen LogP contribution is -2.41. The second kappa shape index (κ2) is 6.35. The molecular formula is C17H22BFN4O2. The minimum absolute atomic E-state index is 0.501. The number of halogens is 1. The van der Waals surface area contributed by atoms with Crippen LogP contribution in [0.15, 0.2) is 30.5 Å². The zero-order valence-corrected chi connectivity index (χ0v) is 15.2. The van der Waals surface area contributed by atoms with Crippen LogP contribution >= 0.6 is 0 Å². The molecule has 1 fully saturated rings. The van der Waals surface area contributed by atoms with Gasteiger partial charge in [-0.05, 0) is 40.7 Å². The molecule has 2 aromatic heterocycles. The summed E-state index contributed by atoms with van der Waals surface area (Å²) in [5.41, 5.74) is 0.0762. The van der Waals surface area contributed by atoms with Gasteiger partial charge in [-0.25, -0.2) is 4.39 Å². The van der Waals surface area contributed by atoms with Crippen molar-refractivity contribution in [1.82, 2.24) is 19.7 Å². The fourth-order valence-corrected chi connectivity index (χ4v) is 2.50. The van der Waals surface area contributed by atoms with Crippen LogP contribution in [-0.2, 0) is 15.9 Å². The highest BCUT2D eigenvalue weighted by Crippen LogP contribution is 2.39. The highest BCUT2D eigenvalue weighted by atomic mass is 19.1. The van der Waals surface area contributed by atoms with Crippen LogP contribution in [0.5, 0.6) is 0 Å². The van der Waals surface area contributed by atoms with Crippen LogP contribution in [0.4, 0.5) is 4.39 Å². The van der Waals surface area contributed by atoms with E-state index in [1.807, 2.05) is 34.6 Å². The van der Waals surface area contributed by atoms with Crippen molar-refractivity contribution in [3.05, 3.63) is 36.1 Å². The first kappa shape index (κ1) is 17.8. The summed E-state index contributed by atoms with van der Waals surface area (Å²) in [7, 11) is -1.04. The quantitative estimate of drug-likeness (QED) is 0.797. The Morgan fingerprint density at radius 2 is 1.92 bits per heavy atom. The molecule has 0 spiro atoms. The molecule has 0 atom stereocenters. The highest BCUT2D eigenvalue weighted by Gasteiger charge is 2.53. The van der Waals surface area contributed by atoms with Crippen LogP contribution < -0.4 is 0 Å². The average molecular weight is 344 g/mol. The van der Waals surface area contributed by atoms with Crippen LogP contribution in [0.3, 0.4) is 0 Å². The summed E-state index contributed by atoms with van der Waals surface area (Å²) >= 11 is 0. The SMILES string of the molecule is CCn1cc(C=C(F)B2OC(C)(C)C(C)(C)O2)c(-c2cnccn2)n1. The van der Waals surface area contributed by atoms with Gasteiger partial charge in [-0.15, -0.1) is 0 Å². The third-order valence-electron chi connectivity index (χ3n) is 4.69. The Balaban J connectivity index is 1.95. The van der Waals surface area contributed by atoms with Crippen LogP contribution in [0.2, 0.25) is 0 Å². The molecule has 2 aromatic rings. The maximum Gasteiger partial charge on any atom is 0.525 e. The Kier molecular flexibility index (Phi) is 4.51. The summed E-state index contributed by atoms with van der Waals surface area (Å²) in [5.74, 6) is 0. The van der Waals surface area contributed by atoms with Crippen molar-refractivity contribution < 1.29 is 13.7 Å². The van der Waals surface area contributed by atoms with Gasteiger partial charge in [0.05, 0.1) is 17.4 Å². The Morgan fingerprint density at radius 1 is 1.24 bits per heavy atom. The normalized spacial score (nSPS) is 19.4. The summed E-state index contributed by atoms with van der Waals surface area (Å²) < 4.78 is 28.1. The first-order valence-electron chi connectivity index (χ1n) is 8.30. The van der Waals surface area contributed by atoms with Gasteiger partial charge in [0, 0.05) is 30.7 Å².